The summed E-state index contributed by atoms with van der Waals surface area (Å²) in [5, 5.41) is 3.50. The third-order valence-electron chi connectivity index (χ3n) is 4.14. The molecule has 7 heteroatoms. The number of aromatic nitrogens is 1. The summed E-state index contributed by atoms with van der Waals surface area (Å²) in [7, 11) is 0. The summed E-state index contributed by atoms with van der Waals surface area (Å²) in [5.74, 6) is -0.0351. The normalized spacial score (nSPS) is 14.2. The highest BCUT2D eigenvalue weighted by Gasteiger charge is 2.26. The second-order valence-corrected chi connectivity index (χ2v) is 6.95. The number of amides is 3. The van der Waals surface area contributed by atoms with Crippen molar-refractivity contribution in [3.8, 4) is 0 Å². The van der Waals surface area contributed by atoms with Crippen molar-refractivity contribution in [3.63, 3.8) is 0 Å². The van der Waals surface area contributed by atoms with Crippen molar-refractivity contribution in [2.75, 3.05) is 32.7 Å². The molecular formula is C19H22N4O2S. The van der Waals surface area contributed by atoms with Crippen LogP contribution in [0.25, 0.3) is 0 Å². The third-order valence-corrected chi connectivity index (χ3v) is 5.17. The molecule has 1 aromatic heterocycles. The van der Waals surface area contributed by atoms with Crippen molar-refractivity contribution in [2.24, 2.45) is 0 Å². The lowest BCUT2D eigenvalue weighted by atomic mass is 10.2. The lowest BCUT2D eigenvalue weighted by molar-refractivity contribution is 0.0661. The number of rotatable bonds is 4. The van der Waals surface area contributed by atoms with Crippen molar-refractivity contribution >= 4 is 23.7 Å². The van der Waals surface area contributed by atoms with Crippen LogP contribution in [0, 0.1) is 0 Å². The van der Waals surface area contributed by atoms with Crippen molar-refractivity contribution in [1.29, 1.82) is 0 Å². The molecule has 26 heavy (non-hydrogen) atoms. The van der Waals surface area contributed by atoms with Gasteiger partial charge in [-0.1, -0.05) is 30.0 Å². The van der Waals surface area contributed by atoms with Crippen LogP contribution < -0.4 is 5.32 Å². The molecule has 0 radical (unpaired) electrons. The van der Waals surface area contributed by atoms with E-state index in [0.29, 0.717) is 43.3 Å². The third kappa shape index (κ3) is 4.35. The van der Waals surface area contributed by atoms with Crippen LogP contribution in [0.4, 0.5) is 4.79 Å². The molecule has 3 rings (SSSR count). The molecule has 1 N–H and O–H groups in total. The number of pyridine rings is 1. The van der Waals surface area contributed by atoms with Gasteiger partial charge in [-0.3, -0.25) is 4.79 Å². The zero-order valence-corrected chi connectivity index (χ0v) is 15.5. The van der Waals surface area contributed by atoms with E-state index in [9.17, 15) is 9.59 Å². The molecule has 3 amide bonds. The first kappa shape index (κ1) is 18.3. The number of nitrogens with zero attached hydrogens (tertiary/aromatic N) is 3. The van der Waals surface area contributed by atoms with Gasteiger partial charge in [0.2, 0.25) is 0 Å². The molecule has 0 atom stereocenters. The van der Waals surface area contributed by atoms with Gasteiger partial charge in [-0.2, -0.15) is 0 Å². The Morgan fingerprint density at radius 1 is 1.04 bits per heavy atom. The van der Waals surface area contributed by atoms with Crippen LogP contribution in [0.1, 0.15) is 17.3 Å². The lowest BCUT2D eigenvalue weighted by Crippen LogP contribution is -2.53. The van der Waals surface area contributed by atoms with Crippen LogP contribution in [0.3, 0.4) is 0 Å². The quantitative estimate of drug-likeness (QED) is 0.899. The summed E-state index contributed by atoms with van der Waals surface area (Å²) in [6, 6.07) is 13.4. The predicted molar refractivity (Wildman–Crippen MR) is 101 cm³/mol. The molecular weight excluding hydrogens is 348 g/mol. The highest BCUT2D eigenvalue weighted by atomic mass is 32.2. The van der Waals surface area contributed by atoms with Crippen LogP contribution in [-0.4, -0.2) is 59.4 Å². The molecule has 136 valence electrons. The highest BCUT2D eigenvalue weighted by molar-refractivity contribution is 7.99. The minimum atomic E-state index is -0.0682. The maximum absolute atomic E-state index is 13.0. The number of urea groups is 1. The average Bonchev–Trinajstić information content (AvgIpc) is 2.69. The van der Waals surface area contributed by atoms with Crippen molar-refractivity contribution in [3.05, 3.63) is 54.2 Å². The van der Waals surface area contributed by atoms with Crippen LogP contribution >= 0.6 is 11.8 Å². The van der Waals surface area contributed by atoms with Gasteiger partial charge in [0.1, 0.15) is 5.03 Å². The maximum Gasteiger partial charge on any atom is 0.317 e. The molecule has 0 aliphatic carbocycles. The Labute approximate surface area is 157 Å². The number of carbonyl (C=O) groups excluding carboxylic acids is 2. The van der Waals surface area contributed by atoms with Gasteiger partial charge in [0.25, 0.3) is 5.91 Å². The van der Waals surface area contributed by atoms with Gasteiger partial charge in [-0.15, -0.1) is 0 Å². The molecule has 0 spiro atoms. The number of benzene rings is 1. The highest BCUT2D eigenvalue weighted by Crippen LogP contribution is 2.29. The fourth-order valence-corrected chi connectivity index (χ4v) is 3.68. The number of hydrogen-bond donors (Lipinski definition) is 1. The van der Waals surface area contributed by atoms with Gasteiger partial charge in [0.05, 0.1) is 5.56 Å². The molecule has 6 nitrogen and oxygen atoms in total. The number of piperazine rings is 1. The lowest BCUT2D eigenvalue weighted by Gasteiger charge is -2.34. The standard InChI is InChI=1S/C19H22N4O2S/c1-2-20-19(25)23-13-11-22(12-14-23)18(24)16-9-6-10-21-17(16)26-15-7-4-3-5-8-15/h3-10H,2,11-14H2,1H3,(H,20,25). The number of hydrogen-bond acceptors (Lipinski definition) is 4. The molecule has 2 heterocycles. The van der Waals surface area contributed by atoms with Gasteiger partial charge in [-0.05, 0) is 31.2 Å². The molecule has 1 saturated heterocycles. The number of nitrogens with one attached hydrogen (secondary N) is 1. The average molecular weight is 370 g/mol. The Hall–Kier alpha value is -2.54. The molecule has 1 aromatic carbocycles. The van der Waals surface area contributed by atoms with Crippen molar-refractivity contribution in [2.45, 2.75) is 16.8 Å². The Morgan fingerprint density at radius 3 is 2.42 bits per heavy atom. The van der Waals surface area contributed by atoms with E-state index in [1.807, 2.05) is 43.3 Å². The predicted octanol–water partition coefficient (Wildman–Crippen LogP) is 2.72. The molecule has 0 unspecified atom stereocenters. The summed E-state index contributed by atoms with van der Waals surface area (Å²) < 4.78 is 0. The Morgan fingerprint density at radius 2 is 1.73 bits per heavy atom. The number of carbonyl (C=O) groups is 2. The minimum Gasteiger partial charge on any atom is -0.338 e. The Kier molecular flexibility index (Phi) is 6.12. The molecule has 0 bridgehead atoms. The van der Waals surface area contributed by atoms with Gasteiger partial charge in [0.15, 0.2) is 0 Å². The minimum absolute atomic E-state index is 0.0351. The van der Waals surface area contributed by atoms with E-state index in [0.717, 1.165) is 4.90 Å². The van der Waals surface area contributed by atoms with Gasteiger partial charge < -0.3 is 15.1 Å². The topological polar surface area (TPSA) is 65.5 Å². The van der Waals surface area contributed by atoms with Crippen LogP contribution in [0.5, 0.6) is 0 Å². The zero-order valence-electron chi connectivity index (χ0n) is 14.7. The fraction of sp³-hybridized carbons (Fsp3) is 0.316. The van der Waals surface area contributed by atoms with Gasteiger partial charge in [-0.25, -0.2) is 9.78 Å². The first-order valence-corrected chi connectivity index (χ1v) is 9.50. The van der Waals surface area contributed by atoms with Crippen LogP contribution in [0.15, 0.2) is 58.6 Å². The first-order chi connectivity index (χ1) is 12.7. The molecule has 0 saturated carbocycles. The second kappa shape index (κ2) is 8.71. The van der Waals surface area contributed by atoms with Gasteiger partial charge in [0, 0.05) is 43.8 Å². The van der Waals surface area contributed by atoms with E-state index in [-0.39, 0.29) is 11.9 Å². The Bertz CT molecular complexity index is 761. The van der Waals surface area contributed by atoms with Crippen LogP contribution in [0.2, 0.25) is 0 Å². The summed E-state index contributed by atoms with van der Waals surface area (Å²) in [4.78, 5) is 33.8. The van der Waals surface area contributed by atoms with E-state index in [1.54, 1.807) is 22.1 Å². The molecule has 2 aromatic rings. The fourth-order valence-electron chi connectivity index (χ4n) is 2.78. The molecule has 1 aliphatic rings. The van der Waals surface area contributed by atoms with E-state index in [2.05, 4.69) is 10.3 Å². The Balaban J connectivity index is 1.68. The monoisotopic (exact) mass is 370 g/mol. The second-order valence-electron chi connectivity index (χ2n) is 5.89. The molecule has 1 fully saturated rings. The first-order valence-electron chi connectivity index (χ1n) is 8.69. The van der Waals surface area contributed by atoms with E-state index in [4.69, 9.17) is 0 Å². The maximum atomic E-state index is 13.0. The van der Waals surface area contributed by atoms with E-state index < -0.39 is 0 Å². The van der Waals surface area contributed by atoms with Crippen molar-refractivity contribution in [1.82, 2.24) is 20.1 Å². The smallest absolute Gasteiger partial charge is 0.317 e. The van der Waals surface area contributed by atoms with E-state index >= 15 is 0 Å². The SMILES string of the molecule is CCNC(=O)N1CCN(C(=O)c2cccnc2Sc2ccccc2)CC1. The zero-order chi connectivity index (χ0) is 18.4. The van der Waals surface area contributed by atoms with Crippen molar-refractivity contribution < 1.29 is 9.59 Å². The summed E-state index contributed by atoms with van der Waals surface area (Å²) in [5.41, 5.74) is 0.604. The van der Waals surface area contributed by atoms with E-state index in [1.165, 1.54) is 11.8 Å². The molecule has 1 aliphatic heterocycles. The van der Waals surface area contributed by atoms with Crippen LogP contribution in [-0.2, 0) is 0 Å². The largest absolute Gasteiger partial charge is 0.338 e. The summed E-state index contributed by atoms with van der Waals surface area (Å²) in [6.45, 7) is 4.64. The summed E-state index contributed by atoms with van der Waals surface area (Å²) >= 11 is 1.49. The van der Waals surface area contributed by atoms with Gasteiger partial charge >= 0.3 is 6.03 Å². The summed E-state index contributed by atoms with van der Waals surface area (Å²) in [6.07, 6.45) is 1.70.